The summed E-state index contributed by atoms with van der Waals surface area (Å²) < 4.78 is 30.7. The number of methoxy groups -OCH3 is 3. The minimum atomic E-state index is -0.471. The molecule has 4 aromatic rings. The second kappa shape index (κ2) is 12.7. The molecule has 0 saturated carbocycles. The van der Waals surface area contributed by atoms with Gasteiger partial charge in [0.1, 0.15) is 23.2 Å². The Hall–Kier alpha value is -5.30. The summed E-state index contributed by atoms with van der Waals surface area (Å²) >= 11 is 0. The first-order chi connectivity index (χ1) is 21.9. The van der Waals surface area contributed by atoms with Crippen LogP contribution in [0.15, 0.2) is 65.9 Å². The number of fused-ring (bicyclic) bond motifs is 1. The molecule has 1 amide bonds. The maximum absolute atomic E-state index is 14.4. The molecule has 0 aliphatic carbocycles. The highest BCUT2D eigenvalue weighted by molar-refractivity contribution is 6.54. The number of halogens is 1. The number of nitrogens with zero attached hydrogens (tertiary/aromatic N) is 7. The van der Waals surface area contributed by atoms with Crippen LogP contribution in [0, 0.1) is 5.82 Å². The van der Waals surface area contributed by atoms with Crippen LogP contribution >= 0.6 is 0 Å². The molecular weight excluding hydrogens is 579 g/mol. The smallest absolute Gasteiger partial charge is 0.278 e. The van der Waals surface area contributed by atoms with Gasteiger partial charge in [-0.25, -0.2) is 19.4 Å². The number of rotatable bonds is 9. The number of carbonyl (C=O) groups is 1. The molecule has 2 aromatic carbocycles. The highest BCUT2D eigenvalue weighted by Gasteiger charge is 2.36. The number of hydrogen-bond acceptors (Lipinski definition) is 11. The molecule has 45 heavy (non-hydrogen) atoms. The van der Waals surface area contributed by atoms with Crippen LogP contribution in [0.3, 0.4) is 0 Å². The Morgan fingerprint density at radius 3 is 2.36 bits per heavy atom. The third-order valence-electron chi connectivity index (χ3n) is 7.86. The molecule has 232 valence electrons. The van der Waals surface area contributed by atoms with Crippen molar-refractivity contribution < 1.29 is 23.4 Å². The molecule has 6 rings (SSSR count). The van der Waals surface area contributed by atoms with E-state index < -0.39 is 5.82 Å². The molecule has 0 atom stereocenters. The number of nitrogen functional groups attached to an aromatic ring is 1. The number of pyridine rings is 1. The Morgan fingerprint density at radius 2 is 1.71 bits per heavy atom. The molecule has 2 aliphatic rings. The molecule has 12 nitrogen and oxygen atoms in total. The quantitative estimate of drug-likeness (QED) is 0.300. The van der Waals surface area contributed by atoms with Crippen LogP contribution in [-0.4, -0.2) is 85.6 Å². The van der Waals surface area contributed by atoms with Crippen LogP contribution in [0.4, 0.5) is 27.7 Å². The van der Waals surface area contributed by atoms with Gasteiger partial charge in [-0.2, -0.15) is 4.98 Å². The first-order valence-electron chi connectivity index (χ1n) is 14.4. The topological polar surface area (TPSA) is 132 Å². The first kappa shape index (κ1) is 29.8. The van der Waals surface area contributed by atoms with Gasteiger partial charge < -0.3 is 24.8 Å². The van der Waals surface area contributed by atoms with E-state index in [1.807, 2.05) is 30.3 Å². The largest absolute Gasteiger partial charge is 0.493 e. The molecule has 2 N–H and O–H groups in total. The third kappa shape index (κ3) is 6.07. The summed E-state index contributed by atoms with van der Waals surface area (Å²) in [6, 6.07) is 13.8. The average molecular weight is 613 g/mol. The van der Waals surface area contributed by atoms with Crippen molar-refractivity contribution in [1.29, 1.82) is 0 Å². The van der Waals surface area contributed by atoms with E-state index >= 15 is 0 Å². The molecular formula is C32H33FN8O4. The molecule has 2 aromatic heterocycles. The maximum Gasteiger partial charge on any atom is 0.278 e. The number of nitrogens with two attached hydrogens (primary N) is 1. The molecule has 0 radical (unpaired) electrons. The van der Waals surface area contributed by atoms with Crippen LogP contribution in [0.5, 0.6) is 17.2 Å². The summed E-state index contributed by atoms with van der Waals surface area (Å²) in [5.74, 6) is 1.82. The fraction of sp³-hybridized carbons (Fsp3) is 0.281. The van der Waals surface area contributed by atoms with Gasteiger partial charge in [0.05, 0.1) is 33.7 Å². The number of benzene rings is 2. The highest BCUT2D eigenvalue weighted by Crippen LogP contribution is 2.39. The monoisotopic (exact) mass is 612 g/mol. The zero-order chi connectivity index (χ0) is 31.5. The van der Waals surface area contributed by atoms with Crippen molar-refractivity contribution in [1.82, 2.24) is 19.9 Å². The van der Waals surface area contributed by atoms with Gasteiger partial charge in [0, 0.05) is 56.1 Å². The van der Waals surface area contributed by atoms with E-state index in [4.69, 9.17) is 19.9 Å². The zero-order valence-electron chi connectivity index (χ0n) is 25.2. The van der Waals surface area contributed by atoms with Crippen molar-refractivity contribution in [3.05, 3.63) is 83.4 Å². The summed E-state index contributed by atoms with van der Waals surface area (Å²) in [5, 5.41) is 0. The summed E-state index contributed by atoms with van der Waals surface area (Å²) in [5.41, 5.74) is 8.83. The fourth-order valence-electron chi connectivity index (χ4n) is 5.55. The van der Waals surface area contributed by atoms with Gasteiger partial charge in [0.2, 0.25) is 5.75 Å². The van der Waals surface area contributed by atoms with Gasteiger partial charge in [-0.15, -0.1) is 0 Å². The van der Waals surface area contributed by atoms with E-state index in [0.29, 0.717) is 47.2 Å². The van der Waals surface area contributed by atoms with Crippen molar-refractivity contribution >= 4 is 34.9 Å². The molecule has 4 heterocycles. The Labute approximate surface area is 259 Å². The first-order valence-corrected chi connectivity index (χ1v) is 14.4. The van der Waals surface area contributed by atoms with Crippen molar-refractivity contribution in [2.45, 2.75) is 6.42 Å². The van der Waals surface area contributed by atoms with Crippen LogP contribution in [0.1, 0.15) is 16.7 Å². The molecule has 0 bridgehead atoms. The number of anilines is 3. The Morgan fingerprint density at radius 1 is 0.956 bits per heavy atom. The lowest BCUT2D eigenvalue weighted by Crippen LogP contribution is -2.51. The summed E-state index contributed by atoms with van der Waals surface area (Å²) in [7, 11) is 4.63. The van der Waals surface area contributed by atoms with E-state index in [0.717, 1.165) is 37.6 Å². The third-order valence-corrected chi connectivity index (χ3v) is 7.86. The van der Waals surface area contributed by atoms with E-state index in [1.165, 1.54) is 19.2 Å². The predicted molar refractivity (Wildman–Crippen MR) is 168 cm³/mol. The number of ether oxygens (including phenoxy) is 3. The predicted octanol–water partition coefficient (Wildman–Crippen LogP) is 3.46. The number of amides is 1. The van der Waals surface area contributed by atoms with Crippen molar-refractivity contribution in [2.24, 2.45) is 4.99 Å². The van der Waals surface area contributed by atoms with Crippen molar-refractivity contribution in [2.75, 3.05) is 69.7 Å². The second-order valence-corrected chi connectivity index (χ2v) is 10.6. The lowest BCUT2D eigenvalue weighted by Gasteiger charge is -2.37. The van der Waals surface area contributed by atoms with E-state index in [2.05, 4.69) is 29.7 Å². The van der Waals surface area contributed by atoms with Crippen molar-refractivity contribution in [3.63, 3.8) is 0 Å². The Kier molecular flexibility index (Phi) is 8.43. The number of aliphatic imine (C=N–C) groups is 1. The van der Waals surface area contributed by atoms with Gasteiger partial charge in [-0.3, -0.25) is 14.6 Å². The minimum Gasteiger partial charge on any atom is -0.493 e. The summed E-state index contributed by atoms with van der Waals surface area (Å²) in [6.45, 7) is 3.34. The minimum absolute atomic E-state index is 0.00512. The number of carbonyl (C=O) groups excluding carboxylic acids is 1. The number of piperazine rings is 1. The molecule has 1 fully saturated rings. The fourth-order valence-corrected chi connectivity index (χ4v) is 5.55. The highest BCUT2D eigenvalue weighted by atomic mass is 19.1. The Bertz CT molecular complexity index is 1720. The normalized spacial score (nSPS) is 15.8. The second-order valence-electron chi connectivity index (χ2n) is 10.6. The van der Waals surface area contributed by atoms with E-state index in [-0.39, 0.29) is 23.4 Å². The van der Waals surface area contributed by atoms with Crippen LogP contribution in [-0.2, 0) is 11.2 Å². The van der Waals surface area contributed by atoms with Crippen LogP contribution in [0.2, 0.25) is 0 Å². The lowest BCUT2D eigenvalue weighted by molar-refractivity contribution is -0.112. The van der Waals surface area contributed by atoms with E-state index in [1.54, 1.807) is 37.6 Å². The van der Waals surface area contributed by atoms with Crippen LogP contribution < -0.4 is 29.7 Å². The SMILES string of the molecule is COc1cc(Cc2cnc(/N=C3\C(=O)N(CN4CCN(c5ccccn5)CC4)c4ccc(F)cc43)nc2N)cc(OC)c1OC. The van der Waals surface area contributed by atoms with Gasteiger partial charge in [-0.05, 0) is 48.0 Å². The standard InChI is InChI=1S/C32H33FN8O4/c1-43-25-15-20(16-26(44-2)29(25)45-3)14-21-18-36-32(38-30(21)34)37-28-23-17-22(33)7-8-24(23)41(31(28)42)19-39-10-12-40(13-11-39)27-6-4-5-9-35-27/h4-9,15-18H,10-14,19H2,1-3H3,(H2,34,36,38)/b37-28-. The van der Waals surface area contributed by atoms with Gasteiger partial charge in [0.25, 0.3) is 11.9 Å². The molecule has 0 spiro atoms. The van der Waals surface area contributed by atoms with Gasteiger partial charge in [0.15, 0.2) is 11.5 Å². The van der Waals surface area contributed by atoms with E-state index in [9.17, 15) is 9.18 Å². The number of hydrogen-bond donors (Lipinski definition) is 1. The average Bonchev–Trinajstić information content (AvgIpc) is 3.31. The lowest BCUT2D eigenvalue weighted by atomic mass is 10.1. The molecule has 0 unspecified atom stereocenters. The molecule has 1 saturated heterocycles. The zero-order valence-corrected chi connectivity index (χ0v) is 25.2. The molecule has 2 aliphatic heterocycles. The summed E-state index contributed by atoms with van der Waals surface area (Å²) in [6.07, 6.45) is 3.73. The van der Waals surface area contributed by atoms with Gasteiger partial charge in [-0.1, -0.05) is 6.07 Å². The summed E-state index contributed by atoms with van der Waals surface area (Å²) in [4.78, 5) is 37.4. The number of aromatic nitrogens is 3. The van der Waals surface area contributed by atoms with Gasteiger partial charge >= 0.3 is 0 Å². The van der Waals surface area contributed by atoms with Crippen LogP contribution in [0.25, 0.3) is 0 Å². The maximum atomic E-state index is 14.4. The Balaban J connectivity index is 1.21. The van der Waals surface area contributed by atoms with Crippen molar-refractivity contribution in [3.8, 4) is 17.2 Å². The molecule has 13 heteroatoms.